The molecule has 5 nitrogen and oxygen atoms in total. The highest BCUT2D eigenvalue weighted by Gasteiger charge is 2.23. The van der Waals surface area contributed by atoms with E-state index >= 15 is 0 Å². The fourth-order valence-electron chi connectivity index (χ4n) is 4.07. The van der Waals surface area contributed by atoms with Crippen molar-refractivity contribution >= 4 is 33.9 Å². The number of carbonyl (C=O) groups excluding carboxylic acids is 1. The molecule has 0 aromatic heterocycles. The summed E-state index contributed by atoms with van der Waals surface area (Å²) in [4.78, 5) is 24.2. The van der Waals surface area contributed by atoms with Crippen molar-refractivity contribution in [2.75, 3.05) is 0 Å². The zero-order valence-electron chi connectivity index (χ0n) is 18.0. The Labute approximate surface area is 201 Å². The summed E-state index contributed by atoms with van der Waals surface area (Å²) in [6.07, 6.45) is 4.50. The Morgan fingerprint density at radius 3 is 2.52 bits per heavy atom. The molecule has 3 aromatic carbocycles. The number of hydrogen-bond acceptors (Lipinski definition) is 3. The number of halogens is 1. The number of aliphatic carboxylic acids is 1. The van der Waals surface area contributed by atoms with Crippen LogP contribution in [0.2, 0.25) is 0 Å². The summed E-state index contributed by atoms with van der Waals surface area (Å²) in [5.41, 5.74) is 3.16. The third kappa shape index (κ3) is 5.90. The third-order valence-electron chi connectivity index (χ3n) is 5.74. The zero-order chi connectivity index (χ0) is 23.2. The third-order valence-corrected chi connectivity index (χ3v) is 6.39. The molecule has 0 saturated carbocycles. The average Bonchev–Trinajstić information content (AvgIpc) is 3.23. The lowest BCUT2D eigenvalue weighted by molar-refractivity contribution is -0.134. The number of benzene rings is 3. The monoisotopic (exact) mass is 505 g/mol. The lowest BCUT2D eigenvalue weighted by Gasteiger charge is -2.12. The van der Waals surface area contributed by atoms with Gasteiger partial charge in [0.2, 0.25) is 5.91 Å². The van der Waals surface area contributed by atoms with Crippen LogP contribution in [0.1, 0.15) is 41.9 Å². The van der Waals surface area contributed by atoms with Gasteiger partial charge in [0.15, 0.2) is 0 Å². The van der Waals surface area contributed by atoms with Crippen molar-refractivity contribution in [1.29, 1.82) is 0 Å². The summed E-state index contributed by atoms with van der Waals surface area (Å²) >= 11 is 3.44. The molecule has 0 bridgehead atoms. The maximum absolute atomic E-state index is 12.5. The first kappa shape index (κ1) is 22.8. The molecule has 0 saturated heterocycles. The number of carboxylic acid groups (broad SMARTS) is 1. The summed E-state index contributed by atoms with van der Waals surface area (Å²) in [6.45, 7) is 0. The number of nitrogens with one attached hydrogen (secondary N) is 1. The van der Waals surface area contributed by atoms with E-state index in [0.29, 0.717) is 29.4 Å². The number of carboxylic acids is 1. The fraction of sp³-hybridized carbons (Fsp3) is 0.185. The van der Waals surface area contributed by atoms with E-state index in [1.165, 1.54) is 17.2 Å². The molecule has 3 aromatic rings. The molecule has 1 amide bonds. The highest BCUT2D eigenvalue weighted by molar-refractivity contribution is 9.10. The molecule has 0 aliphatic heterocycles. The highest BCUT2D eigenvalue weighted by Crippen LogP contribution is 2.36. The topological polar surface area (TPSA) is 75.6 Å². The second-order valence-electron chi connectivity index (χ2n) is 7.99. The maximum Gasteiger partial charge on any atom is 0.352 e. The Hall–Kier alpha value is -3.38. The van der Waals surface area contributed by atoms with Gasteiger partial charge >= 0.3 is 5.97 Å². The SMILES string of the molecule is O=C(CCC1CCc2ccccc21)N/C(=C/c1ccc(Oc2ccccc2Br)cc1)C(=O)O. The number of amides is 1. The van der Waals surface area contributed by atoms with Crippen molar-refractivity contribution in [3.05, 3.63) is 99.7 Å². The van der Waals surface area contributed by atoms with Crippen molar-refractivity contribution in [3.63, 3.8) is 0 Å². The molecular formula is C27H24BrNO4. The Morgan fingerprint density at radius 2 is 1.76 bits per heavy atom. The van der Waals surface area contributed by atoms with E-state index < -0.39 is 5.97 Å². The number of ether oxygens (including phenoxy) is 1. The summed E-state index contributed by atoms with van der Waals surface area (Å²) in [7, 11) is 0. The second-order valence-corrected chi connectivity index (χ2v) is 8.84. The van der Waals surface area contributed by atoms with E-state index in [-0.39, 0.29) is 18.0 Å². The summed E-state index contributed by atoms with van der Waals surface area (Å²) in [5, 5.41) is 12.1. The van der Waals surface area contributed by atoms with Crippen LogP contribution in [0.25, 0.3) is 6.08 Å². The van der Waals surface area contributed by atoms with E-state index in [9.17, 15) is 14.7 Å². The van der Waals surface area contributed by atoms with E-state index in [0.717, 1.165) is 17.3 Å². The predicted octanol–water partition coefficient (Wildman–Crippen LogP) is 6.29. The Morgan fingerprint density at radius 1 is 1.03 bits per heavy atom. The average molecular weight is 506 g/mol. The van der Waals surface area contributed by atoms with Gasteiger partial charge in [0.25, 0.3) is 0 Å². The van der Waals surface area contributed by atoms with Crippen molar-refractivity contribution in [2.45, 2.75) is 31.6 Å². The van der Waals surface area contributed by atoms with Gasteiger partial charge in [-0.15, -0.1) is 0 Å². The molecular weight excluding hydrogens is 482 g/mol. The first-order valence-electron chi connectivity index (χ1n) is 10.8. The van der Waals surface area contributed by atoms with Crippen LogP contribution in [-0.4, -0.2) is 17.0 Å². The minimum atomic E-state index is -1.18. The minimum absolute atomic E-state index is 0.147. The largest absolute Gasteiger partial charge is 0.477 e. The van der Waals surface area contributed by atoms with Gasteiger partial charge in [-0.05, 0) is 88.1 Å². The van der Waals surface area contributed by atoms with Crippen LogP contribution < -0.4 is 10.1 Å². The maximum atomic E-state index is 12.5. The van der Waals surface area contributed by atoms with Crippen molar-refractivity contribution in [2.24, 2.45) is 0 Å². The lowest BCUT2D eigenvalue weighted by atomic mass is 9.96. The number of aryl methyl sites for hydroxylation is 1. The van der Waals surface area contributed by atoms with Crippen LogP contribution in [0.4, 0.5) is 0 Å². The molecule has 168 valence electrons. The van der Waals surface area contributed by atoms with Crippen LogP contribution in [0, 0.1) is 0 Å². The molecule has 1 atom stereocenters. The van der Waals surface area contributed by atoms with Crippen LogP contribution in [0.15, 0.2) is 83.0 Å². The molecule has 0 fully saturated rings. The molecule has 0 spiro atoms. The highest BCUT2D eigenvalue weighted by atomic mass is 79.9. The molecule has 2 N–H and O–H groups in total. The van der Waals surface area contributed by atoms with Crippen LogP contribution in [0.5, 0.6) is 11.5 Å². The first-order chi connectivity index (χ1) is 16.0. The van der Waals surface area contributed by atoms with Gasteiger partial charge in [0.1, 0.15) is 17.2 Å². The van der Waals surface area contributed by atoms with Gasteiger partial charge in [0, 0.05) is 6.42 Å². The Balaban J connectivity index is 1.36. The van der Waals surface area contributed by atoms with Crippen LogP contribution in [0.3, 0.4) is 0 Å². The molecule has 0 radical (unpaired) electrons. The number of hydrogen-bond donors (Lipinski definition) is 2. The number of fused-ring (bicyclic) bond motifs is 1. The molecule has 6 heteroatoms. The molecule has 4 rings (SSSR count). The van der Waals surface area contributed by atoms with E-state index in [2.05, 4.69) is 33.4 Å². The molecule has 1 aliphatic rings. The molecule has 0 heterocycles. The Kier molecular flexibility index (Phi) is 7.25. The summed E-state index contributed by atoms with van der Waals surface area (Å²) < 4.78 is 6.67. The van der Waals surface area contributed by atoms with Crippen LogP contribution in [-0.2, 0) is 16.0 Å². The smallest absolute Gasteiger partial charge is 0.352 e. The van der Waals surface area contributed by atoms with Gasteiger partial charge in [-0.3, -0.25) is 4.79 Å². The van der Waals surface area contributed by atoms with Crippen molar-refractivity contribution < 1.29 is 19.4 Å². The van der Waals surface area contributed by atoms with Gasteiger partial charge in [-0.2, -0.15) is 0 Å². The van der Waals surface area contributed by atoms with E-state index in [1.807, 2.05) is 36.4 Å². The fourth-order valence-corrected chi connectivity index (χ4v) is 4.43. The molecule has 1 aliphatic carbocycles. The van der Waals surface area contributed by atoms with E-state index in [1.54, 1.807) is 24.3 Å². The van der Waals surface area contributed by atoms with Crippen molar-refractivity contribution in [3.8, 4) is 11.5 Å². The number of rotatable bonds is 8. The van der Waals surface area contributed by atoms with Crippen molar-refractivity contribution in [1.82, 2.24) is 5.32 Å². The van der Waals surface area contributed by atoms with Gasteiger partial charge < -0.3 is 15.2 Å². The minimum Gasteiger partial charge on any atom is -0.477 e. The van der Waals surface area contributed by atoms with Gasteiger partial charge in [-0.1, -0.05) is 48.5 Å². The predicted molar refractivity (Wildman–Crippen MR) is 131 cm³/mol. The summed E-state index contributed by atoms with van der Waals surface area (Å²) in [5.74, 6) is 0.187. The number of para-hydroxylation sites is 1. The lowest BCUT2D eigenvalue weighted by Crippen LogP contribution is -2.27. The van der Waals surface area contributed by atoms with Gasteiger partial charge in [0.05, 0.1) is 4.47 Å². The Bertz CT molecular complexity index is 1190. The normalized spacial score (nSPS) is 15.1. The molecule has 33 heavy (non-hydrogen) atoms. The van der Waals surface area contributed by atoms with E-state index in [4.69, 9.17) is 4.74 Å². The first-order valence-corrected chi connectivity index (χ1v) is 11.6. The standard InChI is InChI=1S/C27H24BrNO4/c28-23-7-3-4-8-25(23)33-21-14-9-18(10-15-21)17-24(27(31)32)29-26(30)16-13-20-12-11-19-5-1-2-6-22(19)20/h1-10,14-15,17,20H,11-13,16H2,(H,29,30)(H,31,32)/b24-17+. The van der Waals surface area contributed by atoms with Crippen LogP contribution >= 0.6 is 15.9 Å². The molecule has 1 unspecified atom stereocenters. The number of carbonyl (C=O) groups is 2. The van der Waals surface area contributed by atoms with Gasteiger partial charge in [-0.25, -0.2) is 4.79 Å². The quantitative estimate of drug-likeness (QED) is 0.352. The second kappa shape index (κ2) is 10.5. The zero-order valence-corrected chi connectivity index (χ0v) is 19.5. The summed E-state index contributed by atoms with van der Waals surface area (Å²) in [6, 6.07) is 22.8.